The van der Waals surface area contributed by atoms with Gasteiger partial charge in [0, 0.05) is 43.9 Å². The number of aromatic nitrogens is 3. The van der Waals surface area contributed by atoms with Gasteiger partial charge in [0.15, 0.2) is 9.84 Å². The molecule has 1 saturated heterocycles. The lowest BCUT2D eigenvalue weighted by molar-refractivity contribution is 0.141. The van der Waals surface area contributed by atoms with Crippen molar-refractivity contribution in [2.24, 2.45) is 13.0 Å². The van der Waals surface area contributed by atoms with Crippen LogP contribution in [0.4, 0.5) is 19.3 Å². The van der Waals surface area contributed by atoms with Crippen LogP contribution in [-0.4, -0.2) is 51.9 Å². The molecule has 31 heavy (non-hydrogen) atoms. The molecule has 2 aromatic heterocycles. The highest BCUT2D eigenvalue weighted by Crippen LogP contribution is 2.40. The molecular formula is C20H27F2N5O3S. The first-order chi connectivity index (χ1) is 14.4. The van der Waals surface area contributed by atoms with E-state index in [1.165, 1.54) is 7.05 Å². The molecule has 1 N–H and O–H groups in total. The number of piperidine rings is 1. The van der Waals surface area contributed by atoms with Crippen LogP contribution in [0.3, 0.4) is 0 Å². The van der Waals surface area contributed by atoms with Crippen LogP contribution in [0.25, 0.3) is 0 Å². The molecule has 3 heterocycles. The van der Waals surface area contributed by atoms with E-state index in [-0.39, 0.29) is 11.9 Å². The van der Waals surface area contributed by atoms with Gasteiger partial charge in [-0.3, -0.25) is 9.67 Å². The molecule has 0 aromatic carbocycles. The third-order valence-corrected chi connectivity index (χ3v) is 8.54. The van der Waals surface area contributed by atoms with Crippen LogP contribution in [0.15, 0.2) is 29.4 Å². The Balaban J connectivity index is 1.71. The Hall–Kier alpha value is -2.56. The van der Waals surface area contributed by atoms with E-state index in [1.807, 2.05) is 6.92 Å². The molecule has 11 heteroatoms. The van der Waals surface area contributed by atoms with Crippen LogP contribution >= 0.6 is 0 Å². The smallest absolute Gasteiger partial charge is 0.321 e. The predicted molar refractivity (Wildman–Crippen MR) is 112 cm³/mol. The number of rotatable bonds is 5. The Bertz CT molecular complexity index is 1060. The van der Waals surface area contributed by atoms with Gasteiger partial charge in [-0.05, 0) is 51.7 Å². The number of pyridine rings is 1. The first-order valence-electron chi connectivity index (χ1n) is 9.98. The molecule has 0 unspecified atom stereocenters. The summed E-state index contributed by atoms with van der Waals surface area (Å²) in [7, 11) is -2.66. The Morgan fingerprint density at radius 1 is 1.29 bits per heavy atom. The number of urea groups is 1. The number of nitrogens with zero attached hydrogens (tertiary/aromatic N) is 4. The number of aryl methyl sites for hydroxylation is 2. The second-order valence-electron chi connectivity index (χ2n) is 8.34. The maximum Gasteiger partial charge on any atom is 0.321 e. The second-order valence-corrected chi connectivity index (χ2v) is 10.8. The van der Waals surface area contributed by atoms with Gasteiger partial charge < -0.3 is 10.2 Å². The lowest BCUT2D eigenvalue weighted by atomic mass is 9.86. The quantitative estimate of drug-likeness (QED) is 0.744. The Morgan fingerprint density at radius 2 is 1.94 bits per heavy atom. The molecule has 1 fully saturated rings. The normalized spacial score (nSPS) is 16.0. The number of sulfone groups is 1. The van der Waals surface area contributed by atoms with Crippen molar-refractivity contribution < 1.29 is 22.0 Å². The maximum atomic E-state index is 13.4. The molecule has 0 bridgehead atoms. The van der Waals surface area contributed by atoms with E-state index in [0.717, 1.165) is 16.6 Å². The van der Waals surface area contributed by atoms with Crippen molar-refractivity contribution in [3.8, 4) is 0 Å². The van der Waals surface area contributed by atoms with Crippen molar-refractivity contribution >= 4 is 21.6 Å². The molecule has 0 atom stereocenters. The molecule has 1 aliphatic rings. The van der Waals surface area contributed by atoms with E-state index in [2.05, 4.69) is 15.4 Å². The molecule has 0 radical (unpaired) electrons. The van der Waals surface area contributed by atoms with Crippen molar-refractivity contribution in [2.75, 3.05) is 18.4 Å². The number of carbonyl (C=O) groups excluding carboxylic acids is 1. The van der Waals surface area contributed by atoms with E-state index in [9.17, 15) is 22.0 Å². The number of hydrogen-bond donors (Lipinski definition) is 1. The zero-order valence-corrected chi connectivity index (χ0v) is 18.8. The second kappa shape index (κ2) is 8.52. The monoisotopic (exact) mass is 455 g/mol. The van der Waals surface area contributed by atoms with Crippen LogP contribution in [0, 0.1) is 12.8 Å². The van der Waals surface area contributed by atoms with Gasteiger partial charge in [-0.25, -0.2) is 22.0 Å². The van der Waals surface area contributed by atoms with Gasteiger partial charge >= 0.3 is 6.03 Å². The van der Waals surface area contributed by atoms with E-state index in [4.69, 9.17) is 0 Å². The van der Waals surface area contributed by atoms with Gasteiger partial charge in [0.1, 0.15) is 10.6 Å². The Labute approximate surface area is 180 Å². The fourth-order valence-corrected chi connectivity index (χ4v) is 5.89. The summed E-state index contributed by atoms with van der Waals surface area (Å²) >= 11 is 0. The molecule has 0 saturated carbocycles. The topological polar surface area (TPSA) is 97.2 Å². The highest BCUT2D eigenvalue weighted by Gasteiger charge is 2.46. The van der Waals surface area contributed by atoms with Crippen molar-refractivity contribution in [1.29, 1.82) is 0 Å². The van der Waals surface area contributed by atoms with Crippen LogP contribution in [0.2, 0.25) is 0 Å². The minimum atomic E-state index is -4.07. The number of amides is 2. The van der Waals surface area contributed by atoms with Gasteiger partial charge in [-0.15, -0.1) is 0 Å². The Morgan fingerprint density at radius 3 is 2.52 bits per heavy atom. The summed E-state index contributed by atoms with van der Waals surface area (Å²) in [5, 5.41) is 6.46. The molecule has 1 aliphatic heterocycles. The average molecular weight is 456 g/mol. The van der Waals surface area contributed by atoms with Gasteiger partial charge in [0.25, 0.3) is 6.43 Å². The van der Waals surface area contributed by atoms with Gasteiger partial charge in [0.05, 0.1) is 4.75 Å². The first-order valence-corrected chi connectivity index (χ1v) is 11.5. The summed E-state index contributed by atoms with van der Waals surface area (Å²) in [6, 6.07) is 3.19. The molecule has 3 rings (SSSR count). The van der Waals surface area contributed by atoms with Gasteiger partial charge in [-0.2, -0.15) is 5.10 Å². The van der Waals surface area contributed by atoms with E-state index >= 15 is 0 Å². The van der Waals surface area contributed by atoms with E-state index < -0.39 is 31.6 Å². The lowest BCUT2D eigenvalue weighted by Gasteiger charge is -2.40. The first kappa shape index (κ1) is 23.1. The van der Waals surface area contributed by atoms with Crippen molar-refractivity contribution in [3.05, 3.63) is 35.9 Å². The maximum absolute atomic E-state index is 13.4. The molecular weight excluding hydrogens is 428 g/mol. The number of hydrogen-bond acceptors (Lipinski definition) is 5. The highest BCUT2D eigenvalue weighted by atomic mass is 32.2. The van der Waals surface area contributed by atoms with Crippen LogP contribution in [0.5, 0.6) is 0 Å². The lowest BCUT2D eigenvalue weighted by Crippen LogP contribution is -2.48. The Kier molecular flexibility index (Phi) is 6.35. The number of anilines is 1. The number of nitrogens with one attached hydrogen (secondary N) is 1. The highest BCUT2D eigenvalue weighted by molar-refractivity contribution is 7.92. The SMILES string of the molecule is Cc1cc(NC(=O)N2CCC(C(C)(C)S(=O)(=O)c3cn(C)nc3C(F)F)CC2)ccn1. The summed E-state index contributed by atoms with van der Waals surface area (Å²) < 4.78 is 53.1. The largest absolute Gasteiger partial charge is 0.325 e. The minimum absolute atomic E-state index is 0.267. The van der Waals surface area contributed by atoms with Crippen molar-refractivity contribution in [1.82, 2.24) is 19.7 Å². The summed E-state index contributed by atoms with van der Waals surface area (Å²) in [6.45, 7) is 5.68. The predicted octanol–water partition coefficient (Wildman–Crippen LogP) is 3.56. The molecule has 170 valence electrons. The number of likely N-dealkylation sites (tertiary alicyclic amines) is 1. The van der Waals surface area contributed by atoms with Crippen LogP contribution < -0.4 is 5.32 Å². The van der Waals surface area contributed by atoms with Gasteiger partial charge in [-0.1, -0.05) is 0 Å². The summed E-state index contributed by atoms with van der Waals surface area (Å²) in [5.74, 6) is -0.296. The van der Waals surface area contributed by atoms with E-state index in [1.54, 1.807) is 37.1 Å². The number of carbonyl (C=O) groups is 1. The zero-order valence-electron chi connectivity index (χ0n) is 18.0. The summed E-state index contributed by atoms with van der Waals surface area (Å²) in [6.07, 6.45) is 0.650. The van der Waals surface area contributed by atoms with Crippen LogP contribution in [0.1, 0.15) is 44.5 Å². The van der Waals surface area contributed by atoms with E-state index in [0.29, 0.717) is 31.6 Å². The number of alkyl halides is 2. The fourth-order valence-electron chi connectivity index (χ4n) is 3.95. The average Bonchev–Trinajstić information content (AvgIpc) is 3.11. The summed E-state index contributed by atoms with van der Waals surface area (Å²) in [5.41, 5.74) is 0.695. The molecule has 2 amide bonds. The fraction of sp³-hybridized carbons (Fsp3) is 0.550. The van der Waals surface area contributed by atoms with Crippen molar-refractivity contribution in [2.45, 2.75) is 49.7 Å². The molecule has 0 aliphatic carbocycles. The molecule has 0 spiro atoms. The molecule has 2 aromatic rings. The zero-order chi connectivity index (χ0) is 23.0. The molecule has 8 nitrogen and oxygen atoms in total. The van der Waals surface area contributed by atoms with Crippen molar-refractivity contribution in [3.63, 3.8) is 0 Å². The number of halogens is 2. The summed E-state index contributed by atoms with van der Waals surface area (Å²) in [4.78, 5) is 17.8. The third kappa shape index (κ3) is 4.56. The van der Waals surface area contributed by atoms with Gasteiger partial charge in [0.2, 0.25) is 0 Å². The minimum Gasteiger partial charge on any atom is -0.325 e. The third-order valence-electron chi connectivity index (χ3n) is 5.92. The standard InChI is InChI=1S/C20H27F2N5O3S/c1-13-11-15(5-8-23-13)24-19(28)27-9-6-14(7-10-27)20(2,3)31(29,30)16-12-26(4)25-17(16)18(21)22/h5,8,11-12,14,18H,6-7,9-10H2,1-4H3,(H,23,24,28). The van der Waals surface area contributed by atoms with Crippen LogP contribution in [-0.2, 0) is 16.9 Å².